The summed E-state index contributed by atoms with van der Waals surface area (Å²) in [5, 5.41) is 3.66. The summed E-state index contributed by atoms with van der Waals surface area (Å²) in [6.07, 6.45) is 1.38. The second-order valence-corrected chi connectivity index (χ2v) is 10.4. The first-order valence-corrected chi connectivity index (χ1v) is 13.1. The number of anilines is 1. The van der Waals surface area contributed by atoms with Gasteiger partial charge in [-0.1, -0.05) is 48.3 Å². The summed E-state index contributed by atoms with van der Waals surface area (Å²) in [5.41, 5.74) is 1.61. The molecular formula is C23H29Cl2N3O4S. The summed E-state index contributed by atoms with van der Waals surface area (Å²) in [4.78, 5) is 27.7. The number of halogens is 2. The lowest BCUT2D eigenvalue weighted by Crippen LogP contribution is -2.52. The Balaban J connectivity index is 2.48. The Morgan fingerprint density at radius 2 is 1.76 bits per heavy atom. The standard InChI is InChI=1S/C23H29Cl2N3O4S/c1-5-20(23(30)26-6-2)27(14-17-9-7-8-10-19(17)25)22(29)15-28(33(4,31)32)21-12-11-18(24)13-16(21)3/h7-13,20H,5-6,14-15H2,1-4H3,(H,26,30)/t20-/m0/s1. The van der Waals surface area contributed by atoms with Crippen molar-refractivity contribution in [2.45, 2.75) is 39.8 Å². The van der Waals surface area contributed by atoms with Gasteiger partial charge in [0.05, 0.1) is 11.9 Å². The van der Waals surface area contributed by atoms with Crippen LogP contribution in [0.15, 0.2) is 42.5 Å². The molecule has 0 heterocycles. The van der Waals surface area contributed by atoms with E-state index in [-0.39, 0.29) is 12.5 Å². The van der Waals surface area contributed by atoms with Crippen LogP contribution >= 0.6 is 23.2 Å². The molecule has 0 aromatic heterocycles. The Labute approximate surface area is 205 Å². The molecule has 2 amide bonds. The third-order valence-corrected chi connectivity index (χ3v) is 6.87. The highest BCUT2D eigenvalue weighted by Crippen LogP contribution is 2.26. The van der Waals surface area contributed by atoms with E-state index in [4.69, 9.17) is 23.2 Å². The normalized spacial score (nSPS) is 12.2. The van der Waals surface area contributed by atoms with Gasteiger partial charge in [-0.15, -0.1) is 0 Å². The molecule has 1 atom stereocenters. The number of nitrogens with one attached hydrogen (secondary N) is 1. The number of hydrogen-bond acceptors (Lipinski definition) is 4. The third kappa shape index (κ3) is 7.09. The van der Waals surface area contributed by atoms with E-state index < -0.39 is 28.5 Å². The van der Waals surface area contributed by atoms with Gasteiger partial charge in [0, 0.05) is 23.1 Å². The molecule has 0 spiro atoms. The number of hydrogen-bond donors (Lipinski definition) is 1. The first-order valence-electron chi connectivity index (χ1n) is 10.5. The van der Waals surface area contributed by atoms with Crippen LogP contribution in [0.5, 0.6) is 0 Å². The molecule has 0 saturated carbocycles. The molecule has 7 nitrogen and oxygen atoms in total. The number of carbonyl (C=O) groups excluding carboxylic acids is 2. The van der Waals surface area contributed by atoms with Crippen molar-refractivity contribution >= 4 is 50.7 Å². The monoisotopic (exact) mass is 513 g/mol. The van der Waals surface area contributed by atoms with Gasteiger partial charge in [0.1, 0.15) is 12.6 Å². The average Bonchev–Trinajstić information content (AvgIpc) is 2.73. The minimum atomic E-state index is -3.81. The number of carbonyl (C=O) groups is 2. The largest absolute Gasteiger partial charge is 0.355 e. The summed E-state index contributed by atoms with van der Waals surface area (Å²) >= 11 is 12.3. The van der Waals surface area contributed by atoms with Crippen LogP contribution in [0.1, 0.15) is 31.4 Å². The number of nitrogens with zero attached hydrogens (tertiary/aromatic N) is 2. The zero-order valence-electron chi connectivity index (χ0n) is 19.1. The molecule has 0 saturated heterocycles. The van der Waals surface area contributed by atoms with E-state index in [9.17, 15) is 18.0 Å². The highest BCUT2D eigenvalue weighted by atomic mass is 35.5. The van der Waals surface area contributed by atoms with Gasteiger partial charge in [0.15, 0.2) is 0 Å². The molecule has 0 fully saturated rings. The Morgan fingerprint density at radius 1 is 1.09 bits per heavy atom. The number of sulfonamides is 1. The minimum Gasteiger partial charge on any atom is -0.355 e. The van der Waals surface area contributed by atoms with Crippen LogP contribution in [0.2, 0.25) is 10.0 Å². The van der Waals surface area contributed by atoms with Gasteiger partial charge in [-0.3, -0.25) is 13.9 Å². The molecule has 0 bridgehead atoms. The van der Waals surface area contributed by atoms with Crippen molar-refractivity contribution in [1.29, 1.82) is 0 Å². The number of benzene rings is 2. The van der Waals surface area contributed by atoms with Crippen LogP contribution in [0.4, 0.5) is 5.69 Å². The molecule has 2 aromatic rings. The maximum absolute atomic E-state index is 13.5. The predicted octanol–water partition coefficient (Wildman–Crippen LogP) is 4.01. The Kier molecular flexibility index (Phi) is 9.57. The summed E-state index contributed by atoms with van der Waals surface area (Å²) in [6, 6.07) is 11.0. The van der Waals surface area contributed by atoms with Crippen LogP contribution in [-0.4, -0.2) is 50.5 Å². The molecule has 0 aliphatic rings. The number of likely N-dealkylation sites (N-methyl/N-ethyl adjacent to an activating group) is 1. The van der Waals surface area contributed by atoms with E-state index in [1.165, 1.54) is 4.90 Å². The summed E-state index contributed by atoms with van der Waals surface area (Å²) in [5.74, 6) is -0.832. The second-order valence-electron chi connectivity index (χ2n) is 7.63. The molecule has 0 aliphatic heterocycles. The summed E-state index contributed by atoms with van der Waals surface area (Å²) in [6.45, 7) is 5.30. The fourth-order valence-electron chi connectivity index (χ4n) is 3.52. The Morgan fingerprint density at radius 3 is 2.30 bits per heavy atom. The second kappa shape index (κ2) is 11.7. The zero-order chi connectivity index (χ0) is 24.8. The predicted molar refractivity (Wildman–Crippen MR) is 133 cm³/mol. The van der Waals surface area contributed by atoms with E-state index in [2.05, 4.69) is 5.32 Å². The SMILES string of the molecule is CCNC(=O)[C@H](CC)N(Cc1ccccc1Cl)C(=O)CN(c1ccc(Cl)cc1C)S(C)(=O)=O. The van der Waals surface area contributed by atoms with Crippen LogP contribution in [0.25, 0.3) is 0 Å². The van der Waals surface area contributed by atoms with E-state index in [1.807, 2.05) is 0 Å². The molecule has 2 rings (SSSR count). The van der Waals surface area contributed by atoms with Crippen LogP contribution in [-0.2, 0) is 26.2 Å². The molecule has 10 heteroatoms. The lowest BCUT2D eigenvalue weighted by atomic mass is 10.1. The molecular weight excluding hydrogens is 485 g/mol. The van der Waals surface area contributed by atoms with Crippen LogP contribution in [0, 0.1) is 6.92 Å². The molecule has 180 valence electrons. The van der Waals surface area contributed by atoms with Crippen LogP contribution < -0.4 is 9.62 Å². The van der Waals surface area contributed by atoms with Crippen molar-refractivity contribution in [3.8, 4) is 0 Å². The van der Waals surface area contributed by atoms with Gasteiger partial charge in [-0.2, -0.15) is 0 Å². The van der Waals surface area contributed by atoms with Crippen LogP contribution in [0.3, 0.4) is 0 Å². The van der Waals surface area contributed by atoms with Gasteiger partial charge < -0.3 is 10.2 Å². The maximum atomic E-state index is 13.5. The summed E-state index contributed by atoms with van der Waals surface area (Å²) < 4.78 is 26.3. The van der Waals surface area contributed by atoms with Gasteiger partial charge in [0.2, 0.25) is 21.8 Å². The first kappa shape index (κ1) is 27.0. The van der Waals surface area contributed by atoms with Crippen molar-refractivity contribution in [1.82, 2.24) is 10.2 Å². The van der Waals surface area contributed by atoms with Gasteiger partial charge in [-0.25, -0.2) is 8.42 Å². The highest BCUT2D eigenvalue weighted by molar-refractivity contribution is 7.92. The molecule has 1 N–H and O–H groups in total. The van der Waals surface area contributed by atoms with Crippen molar-refractivity contribution in [3.05, 3.63) is 63.6 Å². The van der Waals surface area contributed by atoms with Crippen molar-refractivity contribution in [2.75, 3.05) is 23.7 Å². The first-order chi connectivity index (χ1) is 15.5. The highest BCUT2D eigenvalue weighted by Gasteiger charge is 2.32. The average molecular weight is 514 g/mol. The van der Waals surface area contributed by atoms with Gasteiger partial charge in [0.25, 0.3) is 0 Å². The van der Waals surface area contributed by atoms with Crippen molar-refractivity contribution in [2.24, 2.45) is 0 Å². The number of amides is 2. The molecule has 33 heavy (non-hydrogen) atoms. The fourth-order valence-corrected chi connectivity index (χ4v) is 4.84. The molecule has 2 aromatic carbocycles. The fraction of sp³-hybridized carbons (Fsp3) is 0.391. The van der Waals surface area contributed by atoms with Gasteiger partial charge in [-0.05, 0) is 55.7 Å². The smallest absolute Gasteiger partial charge is 0.244 e. The maximum Gasteiger partial charge on any atom is 0.244 e. The zero-order valence-corrected chi connectivity index (χ0v) is 21.5. The molecule has 0 radical (unpaired) electrons. The van der Waals surface area contributed by atoms with E-state index in [0.29, 0.717) is 39.8 Å². The lowest BCUT2D eigenvalue weighted by Gasteiger charge is -2.33. The summed E-state index contributed by atoms with van der Waals surface area (Å²) in [7, 11) is -3.81. The molecule has 0 unspecified atom stereocenters. The Bertz CT molecular complexity index is 1110. The third-order valence-electron chi connectivity index (χ3n) is 5.14. The topological polar surface area (TPSA) is 86.8 Å². The van der Waals surface area contributed by atoms with Crippen molar-refractivity contribution in [3.63, 3.8) is 0 Å². The van der Waals surface area contributed by atoms with E-state index in [1.54, 1.807) is 63.2 Å². The quantitative estimate of drug-likeness (QED) is 0.519. The molecule has 0 aliphatic carbocycles. The van der Waals surface area contributed by atoms with Crippen molar-refractivity contribution < 1.29 is 18.0 Å². The Hall–Kier alpha value is -2.29. The number of aryl methyl sites for hydroxylation is 1. The lowest BCUT2D eigenvalue weighted by molar-refractivity contribution is -0.140. The van der Waals surface area contributed by atoms with Gasteiger partial charge >= 0.3 is 0 Å². The number of rotatable bonds is 10. The van der Waals surface area contributed by atoms with E-state index >= 15 is 0 Å². The van der Waals surface area contributed by atoms with E-state index in [0.717, 1.165) is 10.6 Å². The minimum absolute atomic E-state index is 0.0609.